The van der Waals surface area contributed by atoms with Gasteiger partial charge in [0.05, 0.1) is 16.6 Å². The van der Waals surface area contributed by atoms with Crippen LogP contribution in [-0.4, -0.2) is 4.21 Å². The van der Waals surface area contributed by atoms with E-state index in [0.717, 1.165) is 5.56 Å². The molecule has 0 aliphatic carbocycles. The molecule has 0 saturated carbocycles. The Morgan fingerprint density at radius 3 is 2.74 bits per heavy atom. The fourth-order valence-corrected chi connectivity index (χ4v) is 3.43. The van der Waals surface area contributed by atoms with Gasteiger partial charge in [-0.3, -0.25) is 4.21 Å². The number of rotatable bonds is 3. The van der Waals surface area contributed by atoms with Gasteiger partial charge >= 0.3 is 0 Å². The molecule has 5 heteroatoms. The monoisotopic (exact) mass is 297 g/mol. The van der Waals surface area contributed by atoms with E-state index in [1.165, 1.54) is 12.1 Å². The fourth-order valence-electron chi connectivity index (χ4n) is 1.74. The second-order valence-electron chi connectivity index (χ2n) is 4.20. The van der Waals surface area contributed by atoms with Crippen LogP contribution in [0.25, 0.3) is 0 Å². The van der Waals surface area contributed by atoms with Gasteiger partial charge in [0.2, 0.25) is 0 Å². The second kappa shape index (κ2) is 5.72. The lowest BCUT2D eigenvalue weighted by atomic mass is 10.2. The van der Waals surface area contributed by atoms with Gasteiger partial charge in [-0.1, -0.05) is 23.7 Å². The zero-order valence-electron chi connectivity index (χ0n) is 10.3. The van der Waals surface area contributed by atoms with E-state index >= 15 is 0 Å². The van der Waals surface area contributed by atoms with Gasteiger partial charge in [-0.2, -0.15) is 0 Å². The van der Waals surface area contributed by atoms with Crippen molar-refractivity contribution in [2.75, 3.05) is 5.73 Å². The molecule has 0 radical (unpaired) electrons. The molecule has 0 fully saturated rings. The second-order valence-corrected chi connectivity index (χ2v) is 6.02. The smallest absolute Gasteiger partial charge is 0.124 e. The van der Waals surface area contributed by atoms with Gasteiger partial charge in [-0.05, 0) is 42.3 Å². The van der Waals surface area contributed by atoms with E-state index in [2.05, 4.69) is 0 Å². The Hall–Kier alpha value is -1.39. The van der Waals surface area contributed by atoms with Crippen molar-refractivity contribution in [2.24, 2.45) is 0 Å². The number of hydrogen-bond acceptors (Lipinski definition) is 2. The highest BCUT2D eigenvalue weighted by molar-refractivity contribution is 7.84. The maximum absolute atomic E-state index is 12.9. The zero-order chi connectivity index (χ0) is 14.0. The maximum atomic E-state index is 12.9. The molecule has 0 aliphatic heterocycles. The largest absolute Gasteiger partial charge is 0.398 e. The summed E-state index contributed by atoms with van der Waals surface area (Å²) in [6, 6.07) is 9.39. The first-order valence-corrected chi connectivity index (χ1v) is 7.36. The molecule has 1 unspecified atom stereocenters. The van der Waals surface area contributed by atoms with Gasteiger partial charge in [0, 0.05) is 15.6 Å². The number of nitrogen functional groups attached to an aromatic ring is 1. The molecule has 100 valence electrons. The topological polar surface area (TPSA) is 43.1 Å². The third-order valence-electron chi connectivity index (χ3n) is 2.87. The molecule has 2 N–H and O–H groups in total. The standard InChI is InChI=1S/C14H13ClFNOS/c1-9-13(17)3-2-4-14(9)19(18)8-10-5-6-11(16)7-12(10)15/h2-7H,8,17H2,1H3. The van der Waals surface area contributed by atoms with Crippen molar-refractivity contribution in [3.63, 3.8) is 0 Å². The lowest BCUT2D eigenvalue weighted by molar-refractivity contribution is 0.627. The Bertz CT molecular complexity index is 645. The Morgan fingerprint density at radius 2 is 2.05 bits per heavy atom. The van der Waals surface area contributed by atoms with Gasteiger partial charge in [-0.15, -0.1) is 0 Å². The maximum Gasteiger partial charge on any atom is 0.124 e. The molecule has 0 aliphatic rings. The Kier molecular flexibility index (Phi) is 4.22. The zero-order valence-corrected chi connectivity index (χ0v) is 11.9. The van der Waals surface area contributed by atoms with Crippen molar-refractivity contribution >= 4 is 28.1 Å². The summed E-state index contributed by atoms with van der Waals surface area (Å²) in [6.07, 6.45) is 0. The van der Waals surface area contributed by atoms with E-state index in [1.54, 1.807) is 24.3 Å². The molecule has 0 spiro atoms. The molecule has 0 heterocycles. The number of benzene rings is 2. The normalized spacial score (nSPS) is 12.4. The third-order valence-corrected chi connectivity index (χ3v) is 4.73. The highest BCUT2D eigenvalue weighted by Crippen LogP contribution is 2.24. The van der Waals surface area contributed by atoms with Crippen molar-refractivity contribution in [1.82, 2.24) is 0 Å². The lowest BCUT2D eigenvalue weighted by Crippen LogP contribution is -2.02. The van der Waals surface area contributed by atoms with Gasteiger partial charge in [0.25, 0.3) is 0 Å². The van der Waals surface area contributed by atoms with Crippen LogP contribution in [-0.2, 0) is 16.6 Å². The van der Waals surface area contributed by atoms with Crippen molar-refractivity contribution in [2.45, 2.75) is 17.6 Å². The summed E-state index contributed by atoms with van der Waals surface area (Å²) in [5, 5.41) is 0.287. The highest BCUT2D eigenvalue weighted by Gasteiger charge is 2.12. The summed E-state index contributed by atoms with van der Waals surface area (Å²) >= 11 is 5.93. The molecule has 19 heavy (non-hydrogen) atoms. The van der Waals surface area contributed by atoms with E-state index in [4.69, 9.17) is 17.3 Å². The molecule has 0 saturated heterocycles. The minimum absolute atomic E-state index is 0.239. The van der Waals surface area contributed by atoms with Crippen LogP contribution in [0.5, 0.6) is 0 Å². The van der Waals surface area contributed by atoms with Crippen LogP contribution in [0.2, 0.25) is 5.02 Å². The minimum atomic E-state index is -1.26. The minimum Gasteiger partial charge on any atom is -0.398 e. The average molecular weight is 298 g/mol. The van der Waals surface area contributed by atoms with E-state index in [-0.39, 0.29) is 10.8 Å². The summed E-state index contributed by atoms with van der Waals surface area (Å²) < 4.78 is 25.3. The van der Waals surface area contributed by atoms with Crippen LogP contribution in [0.1, 0.15) is 11.1 Å². The molecule has 2 aromatic rings. The van der Waals surface area contributed by atoms with Gasteiger partial charge < -0.3 is 5.73 Å². The van der Waals surface area contributed by atoms with Crippen LogP contribution in [0, 0.1) is 12.7 Å². The molecular formula is C14H13ClFNOS. The quantitative estimate of drug-likeness (QED) is 0.878. The van der Waals surface area contributed by atoms with Crippen molar-refractivity contribution in [1.29, 1.82) is 0 Å². The van der Waals surface area contributed by atoms with Crippen LogP contribution in [0.4, 0.5) is 10.1 Å². The predicted octanol–water partition coefficient (Wildman–Crippen LogP) is 3.68. The lowest BCUT2D eigenvalue weighted by Gasteiger charge is -2.09. The van der Waals surface area contributed by atoms with E-state index in [9.17, 15) is 8.60 Å². The predicted molar refractivity (Wildman–Crippen MR) is 77.1 cm³/mol. The summed E-state index contributed by atoms with van der Waals surface area (Å²) in [5.74, 6) is -0.164. The highest BCUT2D eigenvalue weighted by atomic mass is 35.5. The van der Waals surface area contributed by atoms with E-state index in [1.807, 2.05) is 6.92 Å². The Morgan fingerprint density at radius 1 is 1.32 bits per heavy atom. The molecule has 2 aromatic carbocycles. The van der Waals surface area contributed by atoms with Crippen LogP contribution in [0.15, 0.2) is 41.3 Å². The Balaban J connectivity index is 2.28. The van der Waals surface area contributed by atoms with Gasteiger partial charge in [-0.25, -0.2) is 4.39 Å². The molecule has 0 amide bonds. The van der Waals surface area contributed by atoms with Crippen molar-refractivity contribution in [3.8, 4) is 0 Å². The summed E-state index contributed by atoms with van der Waals surface area (Å²) in [4.78, 5) is 0.681. The first kappa shape index (κ1) is 14.0. The van der Waals surface area contributed by atoms with Crippen LogP contribution in [0.3, 0.4) is 0 Å². The van der Waals surface area contributed by atoms with Crippen LogP contribution < -0.4 is 5.73 Å². The molecule has 0 aromatic heterocycles. The van der Waals surface area contributed by atoms with Gasteiger partial charge in [0.15, 0.2) is 0 Å². The fraction of sp³-hybridized carbons (Fsp3) is 0.143. The van der Waals surface area contributed by atoms with Crippen molar-refractivity contribution < 1.29 is 8.60 Å². The number of halogens is 2. The third kappa shape index (κ3) is 3.14. The van der Waals surface area contributed by atoms with Crippen LogP contribution >= 0.6 is 11.6 Å². The number of anilines is 1. The molecule has 0 bridgehead atoms. The van der Waals surface area contributed by atoms with Gasteiger partial charge in [0.1, 0.15) is 5.82 Å². The molecule has 2 nitrogen and oxygen atoms in total. The summed E-state index contributed by atoms with van der Waals surface area (Å²) in [6.45, 7) is 1.83. The molecular weight excluding hydrogens is 285 g/mol. The van der Waals surface area contributed by atoms with Crippen molar-refractivity contribution in [3.05, 3.63) is 58.4 Å². The van der Waals surface area contributed by atoms with E-state index < -0.39 is 16.6 Å². The molecule has 1 atom stereocenters. The Labute approximate surface area is 118 Å². The first-order chi connectivity index (χ1) is 8.99. The first-order valence-electron chi connectivity index (χ1n) is 5.66. The summed E-state index contributed by atoms with van der Waals surface area (Å²) in [7, 11) is -1.26. The van der Waals surface area contributed by atoms with E-state index in [0.29, 0.717) is 16.1 Å². The average Bonchev–Trinajstić information content (AvgIpc) is 2.36. The SMILES string of the molecule is Cc1c(N)cccc1S(=O)Cc1ccc(F)cc1Cl. The summed E-state index contributed by atoms with van der Waals surface area (Å²) in [5.41, 5.74) is 7.86. The molecule has 2 rings (SSSR count). The number of nitrogens with two attached hydrogens (primary N) is 1. The number of hydrogen-bond donors (Lipinski definition) is 1.